The summed E-state index contributed by atoms with van der Waals surface area (Å²) in [6.45, 7) is 10.3. The highest BCUT2D eigenvalue weighted by atomic mass is 16.6. The second-order valence-electron chi connectivity index (χ2n) is 5.41. The Bertz CT molecular complexity index is 281. The van der Waals surface area contributed by atoms with Gasteiger partial charge in [0.05, 0.1) is 13.2 Å². The molecule has 0 radical (unpaired) electrons. The molecule has 0 atom stereocenters. The van der Waals surface area contributed by atoms with E-state index < -0.39 is 17.9 Å². The number of hydrogen-bond donors (Lipinski definition) is 0. The highest BCUT2D eigenvalue weighted by molar-refractivity contribution is 5.95. The highest BCUT2D eigenvalue weighted by Gasteiger charge is 2.28. The first-order chi connectivity index (χ1) is 8.88. The molecule has 0 aromatic rings. The van der Waals surface area contributed by atoms with E-state index in [1.807, 2.05) is 34.6 Å². The van der Waals surface area contributed by atoms with Gasteiger partial charge < -0.3 is 9.47 Å². The van der Waals surface area contributed by atoms with E-state index in [-0.39, 0.29) is 11.8 Å². The Morgan fingerprint density at radius 2 is 1.37 bits per heavy atom. The molecule has 4 heteroatoms. The number of carbonyl (C=O) groups excluding carboxylic acids is 2. The fourth-order valence-corrected chi connectivity index (χ4v) is 1.26. The van der Waals surface area contributed by atoms with E-state index in [1.54, 1.807) is 12.2 Å². The molecular formula is C15H26O4. The molecule has 0 unspecified atom stereocenters. The van der Waals surface area contributed by atoms with E-state index >= 15 is 0 Å². The van der Waals surface area contributed by atoms with E-state index in [0.29, 0.717) is 19.6 Å². The van der Waals surface area contributed by atoms with Gasteiger partial charge >= 0.3 is 11.9 Å². The number of rotatable bonds is 8. The first-order valence-electron chi connectivity index (χ1n) is 6.82. The minimum absolute atomic E-state index is 0.248. The number of ether oxygens (including phenoxy) is 2. The summed E-state index contributed by atoms with van der Waals surface area (Å²) in [6, 6.07) is 0. The Kier molecular flexibility index (Phi) is 8.92. The molecule has 0 saturated heterocycles. The normalized spacial score (nSPS) is 11.6. The van der Waals surface area contributed by atoms with Crippen LogP contribution in [-0.2, 0) is 19.1 Å². The van der Waals surface area contributed by atoms with Gasteiger partial charge in [-0.2, -0.15) is 0 Å². The Hall–Kier alpha value is -1.32. The molecule has 110 valence electrons. The summed E-state index contributed by atoms with van der Waals surface area (Å²) >= 11 is 0. The molecular weight excluding hydrogens is 244 g/mol. The zero-order valence-electron chi connectivity index (χ0n) is 12.6. The van der Waals surface area contributed by atoms with E-state index in [0.717, 1.165) is 0 Å². The largest absolute Gasteiger partial charge is 0.465 e. The lowest BCUT2D eigenvalue weighted by atomic mass is 10.1. The third kappa shape index (κ3) is 8.41. The van der Waals surface area contributed by atoms with Gasteiger partial charge in [-0.3, -0.25) is 9.59 Å². The van der Waals surface area contributed by atoms with Gasteiger partial charge in [-0.05, 0) is 25.2 Å². The van der Waals surface area contributed by atoms with Gasteiger partial charge in [0.2, 0.25) is 0 Å². The molecule has 0 fully saturated rings. The summed E-state index contributed by atoms with van der Waals surface area (Å²) in [6.07, 6.45) is 3.90. The quantitative estimate of drug-likeness (QED) is 0.386. The van der Waals surface area contributed by atoms with E-state index in [1.165, 1.54) is 0 Å². The maximum Gasteiger partial charge on any atom is 0.320 e. The third-order valence-electron chi connectivity index (χ3n) is 2.29. The predicted molar refractivity (Wildman–Crippen MR) is 74.5 cm³/mol. The highest BCUT2D eigenvalue weighted by Crippen LogP contribution is 2.12. The summed E-state index contributed by atoms with van der Waals surface area (Å²) in [5.74, 6) is -1.36. The minimum atomic E-state index is -0.853. The minimum Gasteiger partial charge on any atom is -0.465 e. The van der Waals surface area contributed by atoms with Gasteiger partial charge in [-0.1, -0.05) is 39.8 Å². The van der Waals surface area contributed by atoms with Crippen LogP contribution >= 0.6 is 0 Å². The van der Waals surface area contributed by atoms with Crippen LogP contribution in [0.5, 0.6) is 0 Å². The lowest BCUT2D eigenvalue weighted by molar-refractivity contribution is -0.163. The molecule has 0 N–H and O–H groups in total. The van der Waals surface area contributed by atoms with Crippen molar-refractivity contribution in [2.24, 2.45) is 17.8 Å². The lowest BCUT2D eigenvalue weighted by Crippen LogP contribution is -2.29. The van der Waals surface area contributed by atoms with Gasteiger partial charge in [0.25, 0.3) is 0 Å². The molecule has 0 spiro atoms. The average Bonchev–Trinajstić information content (AvgIpc) is 2.34. The molecule has 19 heavy (non-hydrogen) atoms. The zero-order valence-corrected chi connectivity index (χ0v) is 12.6. The molecule has 0 aliphatic rings. The second kappa shape index (κ2) is 9.59. The van der Waals surface area contributed by atoms with Crippen LogP contribution in [0.3, 0.4) is 0 Å². The Morgan fingerprint density at radius 3 is 1.68 bits per heavy atom. The summed E-state index contributed by atoms with van der Waals surface area (Å²) < 4.78 is 10.2. The van der Waals surface area contributed by atoms with Gasteiger partial charge in [-0.15, -0.1) is 0 Å². The van der Waals surface area contributed by atoms with Crippen LogP contribution in [0.1, 0.15) is 41.0 Å². The number of hydrogen-bond acceptors (Lipinski definition) is 4. The Labute approximate surface area is 116 Å². The second-order valence-corrected chi connectivity index (χ2v) is 5.41. The first-order valence-corrected chi connectivity index (χ1v) is 6.82. The van der Waals surface area contributed by atoms with Crippen molar-refractivity contribution >= 4 is 11.9 Å². The molecule has 0 aromatic carbocycles. The SMILES string of the molecule is C/C=C/CC(C(=O)OCC(C)C)C(=O)OCC(C)C. The fourth-order valence-electron chi connectivity index (χ4n) is 1.26. The van der Waals surface area contributed by atoms with Crippen molar-refractivity contribution in [1.82, 2.24) is 0 Å². The van der Waals surface area contributed by atoms with Gasteiger partial charge in [-0.25, -0.2) is 0 Å². The number of carbonyl (C=O) groups is 2. The fraction of sp³-hybridized carbons (Fsp3) is 0.733. The zero-order chi connectivity index (χ0) is 14.8. The van der Waals surface area contributed by atoms with Gasteiger partial charge in [0.15, 0.2) is 5.92 Å². The molecule has 0 aliphatic heterocycles. The summed E-state index contributed by atoms with van der Waals surface area (Å²) in [5, 5.41) is 0. The van der Waals surface area contributed by atoms with Crippen LogP contribution in [0.15, 0.2) is 12.2 Å². The maximum atomic E-state index is 11.9. The molecule has 0 aromatic heterocycles. The van der Waals surface area contributed by atoms with Gasteiger partial charge in [0.1, 0.15) is 0 Å². The molecule has 4 nitrogen and oxygen atoms in total. The average molecular weight is 270 g/mol. The van der Waals surface area contributed by atoms with Crippen LogP contribution in [0.25, 0.3) is 0 Å². The van der Waals surface area contributed by atoms with Crippen LogP contribution in [0.4, 0.5) is 0 Å². The maximum absolute atomic E-state index is 11.9. The van der Waals surface area contributed by atoms with Crippen molar-refractivity contribution in [2.75, 3.05) is 13.2 Å². The van der Waals surface area contributed by atoms with Crippen molar-refractivity contribution in [3.05, 3.63) is 12.2 Å². The Morgan fingerprint density at radius 1 is 0.947 bits per heavy atom. The van der Waals surface area contributed by atoms with Crippen molar-refractivity contribution in [1.29, 1.82) is 0 Å². The standard InChI is InChI=1S/C15H26O4/c1-6-7-8-13(14(16)18-9-11(2)3)15(17)19-10-12(4)5/h6-7,11-13H,8-10H2,1-5H3/b7-6+. The molecule has 0 amide bonds. The van der Waals surface area contributed by atoms with Crippen molar-refractivity contribution in [3.63, 3.8) is 0 Å². The monoisotopic (exact) mass is 270 g/mol. The Balaban J connectivity index is 4.51. The molecule has 0 saturated carbocycles. The predicted octanol–water partition coefficient (Wildman–Crippen LogP) is 2.97. The van der Waals surface area contributed by atoms with Crippen LogP contribution in [0.2, 0.25) is 0 Å². The third-order valence-corrected chi connectivity index (χ3v) is 2.29. The molecule has 0 heterocycles. The molecule has 0 bridgehead atoms. The lowest BCUT2D eigenvalue weighted by Gasteiger charge is -2.15. The van der Waals surface area contributed by atoms with E-state index in [9.17, 15) is 9.59 Å². The number of esters is 2. The van der Waals surface area contributed by atoms with Crippen LogP contribution < -0.4 is 0 Å². The summed E-state index contributed by atoms with van der Waals surface area (Å²) in [7, 11) is 0. The summed E-state index contributed by atoms with van der Waals surface area (Å²) in [4.78, 5) is 23.8. The van der Waals surface area contributed by atoms with E-state index in [4.69, 9.17) is 9.47 Å². The van der Waals surface area contributed by atoms with Crippen LogP contribution in [0, 0.1) is 17.8 Å². The topological polar surface area (TPSA) is 52.6 Å². The number of allylic oxidation sites excluding steroid dienone is 2. The first kappa shape index (κ1) is 17.7. The van der Waals surface area contributed by atoms with Crippen molar-refractivity contribution in [3.8, 4) is 0 Å². The van der Waals surface area contributed by atoms with Crippen LogP contribution in [-0.4, -0.2) is 25.2 Å². The van der Waals surface area contributed by atoms with Crippen molar-refractivity contribution < 1.29 is 19.1 Å². The van der Waals surface area contributed by atoms with Gasteiger partial charge in [0, 0.05) is 0 Å². The molecule has 0 aliphatic carbocycles. The smallest absolute Gasteiger partial charge is 0.320 e. The van der Waals surface area contributed by atoms with Crippen molar-refractivity contribution in [2.45, 2.75) is 41.0 Å². The molecule has 0 rings (SSSR count). The summed E-state index contributed by atoms with van der Waals surface area (Å²) in [5.41, 5.74) is 0. The van der Waals surface area contributed by atoms with E-state index in [2.05, 4.69) is 0 Å².